The van der Waals surface area contributed by atoms with Gasteiger partial charge in [-0.25, -0.2) is 4.79 Å². The minimum absolute atomic E-state index is 0.00957. The largest absolute Gasteiger partial charge is 0.508 e. The zero-order valence-corrected chi connectivity index (χ0v) is 17.4. The Morgan fingerprint density at radius 2 is 1.73 bits per heavy atom. The number of phenolic OH excluding ortho intramolecular Hbond substituents is 1. The van der Waals surface area contributed by atoms with Crippen LogP contribution in [0, 0.1) is 11.8 Å². The summed E-state index contributed by atoms with van der Waals surface area (Å²) in [5, 5.41) is 59.4. The van der Waals surface area contributed by atoms with Crippen LogP contribution in [-0.2, 0) is 18.9 Å². The molecule has 0 spiro atoms. The second kappa shape index (κ2) is 9.77. The van der Waals surface area contributed by atoms with Crippen molar-refractivity contribution in [2.45, 2.75) is 43.1 Å². The lowest BCUT2D eigenvalue weighted by molar-refractivity contribution is -0.339. The Morgan fingerprint density at radius 1 is 1.00 bits per heavy atom. The molecule has 7 unspecified atom stereocenters. The fourth-order valence-electron chi connectivity index (χ4n) is 4.19. The number of ether oxygens (including phenoxy) is 4. The lowest BCUT2D eigenvalue weighted by Crippen LogP contribution is -2.60. The summed E-state index contributed by atoms with van der Waals surface area (Å²) < 4.78 is 22.0. The van der Waals surface area contributed by atoms with Gasteiger partial charge in [0, 0.05) is 5.92 Å². The van der Waals surface area contributed by atoms with E-state index in [0.29, 0.717) is 5.57 Å². The molecular weight excluding hydrogens is 440 g/mol. The molecule has 3 aliphatic rings. The molecule has 180 valence electrons. The van der Waals surface area contributed by atoms with Crippen molar-refractivity contribution >= 4 is 5.97 Å². The standard InChI is InChI=1S/C22H26O11/c23-8-15-17(26)18(27)19(28)22(32-15)33-21-16-11(7-14(25)13(16)5-6-30-21)9-31-20(29)10-1-3-12(24)4-2-10/h1-7,13-19,21-28H,8-9H2/t13-,14?,15?,16+,17?,18?,19?,21?,22?/m1/s1. The summed E-state index contributed by atoms with van der Waals surface area (Å²) in [6.07, 6.45) is -4.86. The van der Waals surface area contributed by atoms with Crippen LogP contribution in [0.5, 0.6) is 5.75 Å². The number of carbonyl (C=O) groups is 1. The molecule has 0 radical (unpaired) electrons. The summed E-state index contributed by atoms with van der Waals surface area (Å²) in [6.45, 7) is -0.789. The molecular formula is C22H26O11. The number of benzene rings is 1. The Hall–Kier alpha value is -2.51. The smallest absolute Gasteiger partial charge is 0.338 e. The van der Waals surface area contributed by atoms with Gasteiger partial charge in [0.05, 0.1) is 30.5 Å². The maximum absolute atomic E-state index is 12.3. The van der Waals surface area contributed by atoms with Crippen molar-refractivity contribution in [3.05, 3.63) is 53.8 Å². The number of hydrogen-bond donors (Lipinski definition) is 6. The number of esters is 1. The number of hydrogen-bond acceptors (Lipinski definition) is 11. The van der Waals surface area contributed by atoms with Gasteiger partial charge >= 0.3 is 5.97 Å². The monoisotopic (exact) mass is 466 g/mol. The van der Waals surface area contributed by atoms with Crippen molar-refractivity contribution in [2.75, 3.05) is 13.2 Å². The van der Waals surface area contributed by atoms with E-state index in [4.69, 9.17) is 18.9 Å². The van der Waals surface area contributed by atoms with Gasteiger partial charge in [-0.15, -0.1) is 0 Å². The van der Waals surface area contributed by atoms with Gasteiger partial charge < -0.3 is 49.6 Å². The van der Waals surface area contributed by atoms with Gasteiger partial charge in [-0.05, 0) is 35.9 Å². The lowest BCUT2D eigenvalue weighted by atomic mass is 9.88. The van der Waals surface area contributed by atoms with Crippen molar-refractivity contribution in [2.24, 2.45) is 11.8 Å². The molecule has 2 aliphatic heterocycles. The Morgan fingerprint density at radius 3 is 2.42 bits per heavy atom. The highest BCUT2D eigenvalue weighted by molar-refractivity contribution is 5.89. The molecule has 9 atom stereocenters. The zero-order chi connectivity index (χ0) is 23.7. The van der Waals surface area contributed by atoms with Crippen molar-refractivity contribution in [1.82, 2.24) is 0 Å². The molecule has 11 heteroatoms. The van der Waals surface area contributed by atoms with Gasteiger partial charge in [-0.1, -0.05) is 6.08 Å². The summed E-state index contributed by atoms with van der Waals surface area (Å²) in [5.74, 6) is -1.69. The van der Waals surface area contributed by atoms with E-state index in [1.165, 1.54) is 36.6 Å². The lowest BCUT2D eigenvalue weighted by Gasteiger charge is -2.42. The highest BCUT2D eigenvalue weighted by Crippen LogP contribution is 2.41. The molecule has 1 aromatic rings. The number of aliphatic hydroxyl groups is 5. The molecule has 1 fully saturated rings. The van der Waals surface area contributed by atoms with Crippen LogP contribution in [-0.4, -0.2) is 92.9 Å². The molecule has 33 heavy (non-hydrogen) atoms. The van der Waals surface area contributed by atoms with Crippen molar-refractivity contribution in [3.63, 3.8) is 0 Å². The van der Waals surface area contributed by atoms with Gasteiger partial charge in [-0.3, -0.25) is 0 Å². The van der Waals surface area contributed by atoms with Gasteiger partial charge in [0.15, 0.2) is 6.29 Å². The van der Waals surface area contributed by atoms with Crippen molar-refractivity contribution in [1.29, 1.82) is 0 Å². The molecule has 1 aliphatic carbocycles. The van der Waals surface area contributed by atoms with E-state index < -0.39 is 67.5 Å². The van der Waals surface area contributed by atoms with Crippen LogP contribution in [0.1, 0.15) is 10.4 Å². The minimum atomic E-state index is -1.62. The van der Waals surface area contributed by atoms with E-state index in [-0.39, 0.29) is 17.9 Å². The molecule has 0 aromatic heterocycles. The van der Waals surface area contributed by atoms with E-state index in [1.54, 1.807) is 6.08 Å². The fraction of sp³-hybridized carbons (Fsp3) is 0.500. The molecule has 6 N–H and O–H groups in total. The molecule has 4 rings (SSSR count). The molecule has 0 saturated carbocycles. The quantitative estimate of drug-likeness (QED) is 0.219. The summed E-state index contributed by atoms with van der Waals surface area (Å²) in [4.78, 5) is 12.3. The zero-order valence-electron chi connectivity index (χ0n) is 17.4. The summed E-state index contributed by atoms with van der Waals surface area (Å²) in [5.41, 5.74) is 0.746. The normalized spacial score (nSPS) is 37.7. The van der Waals surface area contributed by atoms with Gasteiger partial charge in [0.2, 0.25) is 6.29 Å². The predicted molar refractivity (Wildman–Crippen MR) is 108 cm³/mol. The first kappa shape index (κ1) is 23.6. The maximum Gasteiger partial charge on any atom is 0.338 e. The molecule has 0 bridgehead atoms. The summed E-state index contributed by atoms with van der Waals surface area (Å²) >= 11 is 0. The second-order valence-corrected chi connectivity index (χ2v) is 8.12. The fourth-order valence-corrected chi connectivity index (χ4v) is 4.19. The molecule has 11 nitrogen and oxygen atoms in total. The van der Waals surface area contributed by atoms with Crippen LogP contribution >= 0.6 is 0 Å². The first-order chi connectivity index (χ1) is 15.8. The van der Waals surface area contributed by atoms with Crippen LogP contribution in [0.25, 0.3) is 0 Å². The third kappa shape index (κ3) is 4.75. The van der Waals surface area contributed by atoms with Gasteiger partial charge in [-0.2, -0.15) is 0 Å². The Labute approximate surface area is 188 Å². The topological polar surface area (TPSA) is 175 Å². The highest BCUT2D eigenvalue weighted by Gasteiger charge is 2.49. The number of phenols is 1. The van der Waals surface area contributed by atoms with Gasteiger partial charge in [0.1, 0.15) is 36.8 Å². The van der Waals surface area contributed by atoms with Crippen molar-refractivity contribution < 1.29 is 54.4 Å². The van der Waals surface area contributed by atoms with Crippen LogP contribution in [0.15, 0.2) is 48.3 Å². The van der Waals surface area contributed by atoms with Crippen LogP contribution in [0.3, 0.4) is 0 Å². The van der Waals surface area contributed by atoms with Crippen molar-refractivity contribution in [3.8, 4) is 5.75 Å². The number of rotatable bonds is 6. The average Bonchev–Trinajstić information content (AvgIpc) is 3.14. The summed E-state index contributed by atoms with van der Waals surface area (Å²) in [7, 11) is 0. The van der Waals surface area contributed by atoms with Crippen LogP contribution in [0.4, 0.5) is 0 Å². The number of aromatic hydroxyl groups is 1. The first-order valence-corrected chi connectivity index (χ1v) is 10.4. The Bertz CT molecular complexity index is 896. The molecule has 1 saturated heterocycles. The van der Waals surface area contributed by atoms with E-state index in [9.17, 15) is 35.4 Å². The van der Waals surface area contributed by atoms with E-state index >= 15 is 0 Å². The number of aliphatic hydroxyl groups excluding tert-OH is 5. The number of carbonyl (C=O) groups excluding carboxylic acids is 1. The Kier molecular flexibility index (Phi) is 7.00. The Balaban J connectivity index is 1.45. The van der Waals surface area contributed by atoms with E-state index in [2.05, 4.69) is 0 Å². The number of fused-ring (bicyclic) bond motifs is 1. The third-order valence-corrected chi connectivity index (χ3v) is 6.02. The molecule has 2 heterocycles. The average molecular weight is 466 g/mol. The highest BCUT2D eigenvalue weighted by atomic mass is 16.8. The first-order valence-electron chi connectivity index (χ1n) is 10.4. The maximum atomic E-state index is 12.3. The predicted octanol–water partition coefficient (Wildman–Crippen LogP) is -1.23. The second-order valence-electron chi connectivity index (χ2n) is 8.12. The SMILES string of the molecule is O=C(OCC1=CC(O)[C@H]2C=COC(OC3OC(CO)C(O)C(O)C3O)[C@@H]12)c1ccc(O)cc1. The van der Waals surface area contributed by atoms with E-state index in [0.717, 1.165) is 0 Å². The van der Waals surface area contributed by atoms with E-state index in [1.807, 2.05) is 0 Å². The third-order valence-electron chi connectivity index (χ3n) is 6.02. The summed E-state index contributed by atoms with van der Waals surface area (Å²) in [6, 6.07) is 5.54. The van der Waals surface area contributed by atoms with Crippen LogP contribution < -0.4 is 0 Å². The van der Waals surface area contributed by atoms with Crippen LogP contribution in [0.2, 0.25) is 0 Å². The molecule has 1 aromatic carbocycles. The van der Waals surface area contributed by atoms with Gasteiger partial charge in [0.25, 0.3) is 0 Å². The minimum Gasteiger partial charge on any atom is -0.508 e. The molecule has 0 amide bonds.